The number of amides is 1. The first-order chi connectivity index (χ1) is 20.4. The summed E-state index contributed by atoms with van der Waals surface area (Å²) in [6.45, 7) is 4.69. The molecule has 1 aliphatic heterocycles. The van der Waals surface area contributed by atoms with Gasteiger partial charge in [0.2, 0.25) is 0 Å². The zero-order chi connectivity index (χ0) is 29.2. The van der Waals surface area contributed by atoms with Gasteiger partial charge in [-0.15, -0.1) is 0 Å². The maximum atomic E-state index is 13.6. The molecule has 0 bridgehead atoms. The third kappa shape index (κ3) is 5.10. The van der Waals surface area contributed by atoms with E-state index in [0.29, 0.717) is 46.5 Å². The van der Waals surface area contributed by atoms with Crippen LogP contribution in [0.3, 0.4) is 0 Å². The number of benzene rings is 3. The van der Waals surface area contributed by atoms with Gasteiger partial charge in [0, 0.05) is 18.0 Å². The Labute approximate surface area is 246 Å². The Kier molecular flexibility index (Phi) is 7.41. The van der Waals surface area contributed by atoms with Crippen molar-refractivity contribution in [2.45, 2.75) is 26.5 Å². The van der Waals surface area contributed by atoms with Gasteiger partial charge in [-0.3, -0.25) is 19.5 Å². The average Bonchev–Trinajstić information content (AvgIpc) is 3.54. The first-order valence-electron chi connectivity index (χ1n) is 13.5. The van der Waals surface area contributed by atoms with Crippen molar-refractivity contribution in [2.75, 3.05) is 11.5 Å². The fourth-order valence-corrected chi connectivity index (χ4v) is 6.01. The first-order valence-corrected chi connectivity index (χ1v) is 14.3. The van der Waals surface area contributed by atoms with Crippen molar-refractivity contribution in [3.8, 4) is 11.5 Å². The molecule has 1 fully saturated rings. The van der Waals surface area contributed by atoms with Crippen molar-refractivity contribution in [2.24, 2.45) is 0 Å². The fraction of sp³-hybridized carbons (Fsp3) is 0.152. The highest BCUT2D eigenvalue weighted by Crippen LogP contribution is 2.44. The molecule has 0 saturated carbocycles. The van der Waals surface area contributed by atoms with E-state index >= 15 is 0 Å². The van der Waals surface area contributed by atoms with Crippen LogP contribution < -0.4 is 14.4 Å². The van der Waals surface area contributed by atoms with Crippen LogP contribution in [0.1, 0.15) is 35.2 Å². The van der Waals surface area contributed by atoms with Gasteiger partial charge in [0.25, 0.3) is 5.78 Å². The molecule has 6 rings (SSSR count). The van der Waals surface area contributed by atoms with E-state index in [1.54, 1.807) is 42.7 Å². The van der Waals surface area contributed by atoms with Gasteiger partial charge in [-0.2, -0.15) is 0 Å². The monoisotopic (exact) mass is 577 g/mol. The minimum Gasteiger partial charge on any atom is -0.507 e. The minimum absolute atomic E-state index is 0.0281. The van der Waals surface area contributed by atoms with E-state index in [0.717, 1.165) is 15.8 Å². The lowest BCUT2D eigenvalue weighted by Crippen LogP contribution is -2.29. The Morgan fingerprint density at radius 1 is 1.00 bits per heavy atom. The van der Waals surface area contributed by atoms with Gasteiger partial charge in [0.15, 0.2) is 5.13 Å². The topological polar surface area (TPSA) is 102 Å². The number of rotatable bonds is 8. The summed E-state index contributed by atoms with van der Waals surface area (Å²) < 4.78 is 12.4. The number of carbonyl (C=O) groups excluding carboxylic acids is 2. The summed E-state index contributed by atoms with van der Waals surface area (Å²) in [6.07, 6.45) is 3.20. The molecule has 1 saturated heterocycles. The summed E-state index contributed by atoms with van der Waals surface area (Å²) in [5.74, 6) is -0.493. The first kappa shape index (κ1) is 27.2. The lowest BCUT2D eigenvalue weighted by Gasteiger charge is -2.22. The Morgan fingerprint density at radius 3 is 2.57 bits per heavy atom. The van der Waals surface area contributed by atoms with Crippen LogP contribution in [0, 0.1) is 6.92 Å². The van der Waals surface area contributed by atoms with Gasteiger partial charge in [0.05, 0.1) is 28.4 Å². The predicted molar refractivity (Wildman–Crippen MR) is 162 cm³/mol. The van der Waals surface area contributed by atoms with Crippen LogP contribution in [0.5, 0.6) is 11.5 Å². The molecule has 0 radical (unpaired) electrons. The van der Waals surface area contributed by atoms with Gasteiger partial charge < -0.3 is 14.6 Å². The van der Waals surface area contributed by atoms with Crippen LogP contribution in [0.25, 0.3) is 16.0 Å². The second-order valence-corrected chi connectivity index (χ2v) is 10.8. The van der Waals surface area contributed by atoms with E-state index in [1.165, 1.54) is 16.2 Å². The number of thiazole rings is 1. The Hall–Kier alpha value is -5.02. The molecule has 210 valence electrons. The van der Waals surface area contributed by atoms with Gasteiger partial charge in [-0.05, 0) is 73.0 Å². The van der Waals surface area contributed by atoms with Crippen LogP contribution in [-0.2, 0) is 16.2 Å². The molecule has 9 heteroatoms. The van der Waals surface area contributed by atoms with E-state index in [1.807, 2.05) is 62.4 Å². The van der Waals surface area contributed by atoms with Crippen molar-refractivity contribution >= 4 is 44.1 Å². The highest BCUT2D eigenvalue weighted by molar-refractivity contribution is 7.22. The number of nitrogens with zero attached hydrogens (tertiary/aromatic N) is 3. The van der Waals surface area contributed by atoms with Crippen LogP contribution in [0.4, 0.5) is 5.13 Å². The number of anilines is 1. The fourth-order valence-electron chi connectivity index (χ4n) is 4.98. The average molecular weight is 578 g/mol. The van der Waals surface area contributed by atoms with Crippen LogP contribution >= 0.6 is 11.3 Å². The number of ether oxygens (including phenoxy) is 2. The summed E-state index contributed by atoms with van der Waals surface area (Å²) in [7, 11) is 0. The van der Waals surface area contributed by atoms with E-state index in [4.69, 9.17) is 9.47 Å². The van der Waals surface area contributed by atoms with Crippen molar-refractivity contribution in [3.63, 3.8) is 0 Å². The van der Waals surface area contributed by atoms with E-state index in [2.05, 4.69) is 9.97 Å². The largest absolute Gasteiger partial charge is 0.507 e. The zero-order valence-corrected chi connectivity index (χ0v) is 23.8. The molecule has 1 amide bonds. The summed E-state index contributed by atoms with van der Waals surface area (Å²) in [4.78, 5) is 37.3. The maximum absolute atomic E-state index is 13.6. The maximum Gasteiger partial charge on any atom is 0.301 e. The van der Waals surface area contributed by atoms with Crippen LogP contribution in [-0.4, -0.2) is 33.4 Å². The number of carbonyl (C=O) groups is 2. The summed E-state index contributed by atoms with van der Waals surface area (Å²) in [5, 5.41) is 11.9. The molecule has 8 nitrogen and oxygen atoms in total. The molecule has 5 aromatic rings. The lowest BCUT2D eigenvalue weighted by molar-refractivity contribution is -0.132. The molecule has 1 unspecified atom stereocenters. The van der Waals surface area contributed by atoms with Gasteiger partial charge >= 0.3 is 5.91 Å². The molecule has 3 heterocycles. The van der Waals surface area contributed by atoms with E-state index < -0.39 is 17.7 Å². The van der Waals surface area contributed by atoms with Crippen molar-refractivity contribution in [1.82, 2.24) is 9.97 Å². The van der Waals surface area contributed by atoms with Crippen molar-refractivity contribution in [3.05, 3.63) is 119 Å². The lowest BCUT2D eigenvalue weighted by atomic mass is 9.96. The van der Waals surface area contributed by atoms with Crippen molar-refractivity contribution < 1.29 is 24.2 Å². The van der Waals surface area contributed by atoms with Gasteiger partial charge in [0.1, 0.15) is 23.9 Å². The van der Waals surface area contributed by atoms with E-state index in [9.17, 15) is 14.7 Å². The molecule has 42 heavy (non-hydrogen) atoms. The molecule has 0 spiro atoms. The second-order valence-electron chi connectivity index (χ2n) is 9.77. The Morgan fingerprint density at radius 2 is 1.83 bits per heavy atom. The Bertz CT molecular complexity index is 1820. The normalized spacial score (nSPS) is 16.2. The summed E-state index contributed by atoms with van der Waals surface area (Å²) in [6, 6.07) is 23.1. The number of aromatic nitrogens is 2. The second kappa shape index (κ2) is 11.5. The van der Waals surface area contributed by atoms with E-state index in [-0.39, 0.29) is 11.3 Å². The van der Waals surface area contributed by atoms with Gasteiger partial charge in [-0.1, -0.05) is 47.7 Å². The molecule has 1 aliphatic rings. The molecule has 1 N–H and O–H groups in total. The SMILES string of the molecule is CCOc1ccc2nc(N3C(=O)C(=O)/C(=C(/O)c4ccc(OCc5ccccc5)c(C)c4)C3c3cccnc3)sc2c1. The molecule has 1 atom stereocenters. The number of aryl methyl sites for hydroxylation is 1. The van der Waals surface area contributed by atoms with Crippen molar-refractivity contribution in [1.29, 1.82) is 0 Å². The third-order valence-electron chi connectivity index (χ3n) is 7.00. The van der Waals surface area contributed by atoms with Crippen LogP contribution in [0.2, 0.25) is 0 Å². The zero-order valence-electron chi connectivity index (χ0n) is 23.0. The quantitative estimate of drug-likeness (QED) is 0.126. The molecular formula is C33H27N3O5S. The molecule has 0 aliphatic carbocycles. The molecule has 3 aromatic carbocycles. The number of Topliss-reactive ketones (excluding diaryl/α,β-unsaturated/α-hetero) is 1. The number of pyridine rings is 1. The Balaban J connectivity index is 1.40. The number of fused-ring (bicyclic) bond motifs is 1. The summed E-state index contributed by atoms with van der Waals surface area (Å²) in [5.41, 5.74) is 3.43. The number of ketones is 1. The summed E-state index contributed by atoms with van der Waals surface area (Å²) >= 11 is 1.28. The third-order valence-corrected chi connectivity index (χ3v) is 8.01. The number of aliphatic hydroxyl groups is 1. The number of hydrogen-bond donors (Lipinski definition) is 1. The minimum atomic E-state index is -0.917. The molecule has 2 aromatic heterocycles. The van der Waals surface area contributed by atoms with Crippen LogP contribution in [0.15, 0.2) is 96.8 Å². The highest BCUT2D eigenvalue weighted by Gasteiger charge is 2.48. The smallest absolute Gasteiger partial charge is 0.301 e. The molecular weight excluding hydrogens is 550 g/mol. The highest BCUT2D eigenvalue weighted by atomic mass is 32.1. The predicted octanol–water partition coefficient (Wildman–Crippen LogP) is 6.60. The standard InChI is InChI=1S/C33H27N3O5S/c1-3-40-24-12-13-25-27(17-24)42-33(35-25)36-29(23-10-7-15-34-18-23)28(31(38)32(36)39)30(37)22-11-14-26(20(2)16-22)41-19-21-8-5-4-6-9-21/h4-18,29,37H,3,19H2,1-2H3/b30-28+. The van der Waals surface area contributed by atoms with Gasteiger partial charge in [-0.25, -0.2) is 4.98 Å². The number of aliphatic hydroxyl groups excluding tert-OH is 1. The number of hydrogen-bond acceptors (Lipinski definition) is 8.